The SMILES string of the molecule is O[C@@H](COCc1cccs1)CN1CCN(c2nccs2)CC1. The molecule has 1 aliphatic heterocycles. The molecule has 22 heavy (non-hydrogen) atoms. The van der Waals surface area contributed by atoms with Gasteiger partial charge in [0.1, 0.15) is 0 Å². The molecular weight excluding hydrogens is 318 g/mol. The van der Waals surface area contributed by atoms with Gasteiger partial charge in [-0.25, -0.2) is 4.98 Å². The summed E-state index contributed by atoms with van der Waals surface area (Å²) in [7, 11) is 0. The molecule has 0 unspecified atom stereocenters. The number of hydrogen-bond donors (Lipinski definition) is 1. The Morgan fingerprint density at radius 1 is 1.23 bits per heavy atom. The summed E-state index contributed by atoms with van der Waals surface area (Å²) >= 11 is 3.36. The quantitative estimate of drug-likeness (QED) is 0.835. The Balaban J connectivity index is 1.33. The Kier molecular flexibility index (Phi) is 5.80. The predicted octanol–water partition coefficient (Wildman–Crippen LogP) is 1.90. The summed E-state index contributed by atoms with van der Waals surface area (Å²) in [6.45, 7) is 5.52. The number of β-amino-alcohol motifs (C(OH)–C–C–N with tert-alkyl or cyclic N) is 1. The topological polar surface area (TPSA) is 48.8 Å². The van der Waals surface area contributed by atoms with Crippen molar-refractivity contribution in [3.05, 3.63) is 34.0 Å². The van der Waals surface area contributed by atoms with Gasteiger partial charge in [0.25, 0.3) is 0 Å². The van der Waals surface area contributed by atoms with Gasteiger partial charge < -0.3 is 14.7 Å². The Hall–Kier alpha value is -0.990. The predicted molar refractivity (Wildman–Crippen MR) is 90.7 cm³/mol. The number of nitrogens with zero attached hydrogens (tertiary/aromatic N) is 3. The average molecular weight is 339 g/mol. The zero-order valence-electron chi connectivity index (χ0n) is 12.4. The van der Waals surface area contributed by atoms with Crippen molar-refractivity contribution in [2.75, 3.05) is 44.2 Å². The highest BCUT2D eigenvalue weighted by Gasteiger charge is 2.20. The van der Waals surface area contributed by atoms with E-state index in [0.717, 1.165) is 31.3 Å². The number of thiophene rings is 1. The first-order valence-corrected chi connectivity index (χ1v) is 9.22. The number of ether oxygens (including phenoxy) is 1. The van der Waals surface area contributed by atoms with E-state index in [1.165, 1.54) is 4.88 Å². The Morgan fingerprint density at radius 2 is 2.09 bits per heavy atom. The van der Waals surface area contributed by atoms with Gasteiger partial charge in [-0.15, -0.1) is 22.7 Å². The van der Waals surface area contributed by atoms with Gasteiger partial charge in [0, 0.05) is 49.2 Å². The standard InChI is InChI=1S/C15H21N3O2S2/c19-13(11-20-12-14-2-1-8-21-14)10-17-4-6-18(7-5-17)15-16-3-9-22-15/h1-3,8-9,13,19H,4-7,10-12H2/t13-/m1/s1. The van der Waals surface area contributed by atoms with Crippen molar-refractivity contribution >= 4 is 27.8 Å². The second kappa shape index (κ2) is 8.03. The molecule has 2 aromatic heterocycles. The lowest BCUT2D eigenvalue weighted by atomic mass is 10.3. The van der Waals surface area contributed by atoms with Crippen LogP contribution in [0.15, 0.2) is 29.1 Å². The Morgan fingerprint density at radius 3 is 2.77 bits per heavy atom. The summed E-state index contributed by atoms with van der Waals surface area (Å²) in [6, 6.07) is 4.07. The molecule has 1 aliphatic rings. The highest BCUT2D eigenvalue weighted by Crippen LogP contribution is 2.19. The first kappa shape index (κ1) is 15.9. The highest BCUT2D eigenvalue weighted by atomic mass is 32.1. The molecule has 0 bridgehead atoms. The molecule has 0 spiro atoms. The molecule has 0 saturated carbocycles. The number of rotatable bonds is 7. The summed E-state index contributed by atoms with van der Waals surface area (Å²) in [5, 5.41) is 15.2. The van der Waals surface area contributed by atoms with Gasteiger partial charge >= 0.3 is 0 Å². The molecule has 0 aliphatic carbocycles. The molecule has 2 aromatic rings. The van der Waals surface area contributed by atoms with Gasteiger partial charge in [0.15, 0.2) is 5.13 Å². The van der Waals surface area contributed by atoms with E-state index >= 15 is 0 Å². The van der Waals surface area contributed by atoms with Crippen molar-refractivity contribution in [3.63, 3.8) is 0 Å². The van der Waals surface area contributed by atoms with Gasteiger partial charge in [-0.2, -0.15) is 0 Å². The molecule has 0 amide bonds. The maximum atomic E-state index is 10.1. The van der Waals surface area contributed by atoms with E-state index < -0.39 is 6.10 Å². The van der Waals surface area contributed by atoms with Crippen LogP contribution >= 0.6 is 22.7 Å². The third kappa shape index (κ3) is 4.50. The van der Waals surface area contributed by atoms with Crippen LogP contribution in [-0.4, -0.2) is 60.4 Å². The second-order valence-corrected chi connectivity index (χ2v) is 7.26. The van der Waals surface area contributed by atoms with Crippen molar-refractivity contribution in [2.24, 2.45) is 0 Å². The third-order valence-corrected chi connectivity index (χ3v) is 5.35. The Labute approximate surface area is 138 Å². The van der Waals surface area contributed by atoms with Crippen LogP contribution in [0.1, 0.15) is 4.88 Å². The van der Waals surface area contributed by atoms with Gasteiger partial charge in [-0.1, -0.05) is 6.07 Å². The van der Waals surface area contributed by atoms with Crippen LogP contribution in [0.2, 0.25) is 0 Å². The molecular formula is C15H21N3O2S2. The molecule has 1 fully saturated rings. The van der Waals surface area contributed by atoms with Crippen molar-refractivity contribution in [3.8, 4) is 0 Å². The normalized spacial score (nSPS) is 17.8. The monoisotopic (exact) mass is 339 g/mol. The third-order valence-electron chi connectivity index (χ3n) is 3.67. The largest absolute Gasteiger partial charge is 0.389 e. The second-order valence-electron chi connectivity index (χ2n) is 5.35. The van der Waals surface area contributed by atoms with Gasteiger partial charge in [-0.05, 0) is 11.4 Å². The van der Waals surface area contributed by atoms with Gasteiger partial charge in [0.05, 0.1) is 19.3 Å². The molecule has 120 valence electrons. The lowest BCUT2D eigenvalue weighted by molar-refractivity contribution is 0.00991. The lowest BCUT2D eigenvalue weighted by Gasteiger charge is -2.35. The van der Waals surface area contributed by atoms with Crippen molar-refractivity contribution in [2.45, 2.75) is 12.7 Å². The van der Waals surface area contributed by atoms with E-state index in [9.17, 15) is 5.11 Å². The van der Waals surface area contributed by atoms with Crippen LogP contribution < -0.4 is 4.90 Å². The van der Waals surface area contributed by atoms with E-state index in [1.807, 2.05) is 23.0 Å². The maximum Gasteiger partial charge on any atom is 0.185 e. The minimum absolute atomic E-state index is 0.393. The molecule has 1 N–H and O–H groups in total. The number of aromatic nitrogens is 1. The maximum absolute atomic E-state index is 10.1. The van der Waals surface area contributed by atoms with E-state index in [4.69, 9.17) is 4.74 Å². The number of piperazine rings is 1. The van der Waals surface area contributed by atoms with Gasteiger partial charge in [0.2, 0.25) is 0 Å². The van der Waals surface area contributed by atoms with Gasteiger partial charge in [-0.3, -0.25) is 4.90 Å². The fourth-order valence-corrected chi connectivity index (χ4v) is 3.87. The molecule has 1 atom stereocenters. The van der Waals surface area contributed by atoms with E-state index in [1.54, 1.807) is 22.7 Å². The van der Waals surface area contributed by atoms with E-state index in [-0.39, 0.29) is 0 Å². The fourth-order valence-electron chi connectivity index (χ4n) is 2.53. The summed E-state index contributed by atoms with van der Waals surface area (Å²) in [5.41, 5.74) is 0. The zero-order valence-corrected chi connectivity index (χ0v) is 14.1. The average Bonchev–Trinajstić information content (AvgIpc) is 3.21. The molecule has 0 radical (unpaired) electrons. The summed E-state index contributed by atoms with van der Waals surface area (Å²) < 4.78 is 5.58. The van der Waals surface area contributed by atoms with Crippen LogP contribution in [0, 0.1) is 0 Å². The number of anilines is 1. The fraction of sp³-hybridized carbons (Fsp3) is 0.533. The van der Waals surface area contributed by atoms with E-state index in [2.05, 4.69) is 20.9 Å². The molecule has 3 rings (SSSR count). The first-order valence-electron chi connectivity index (χ1n) is 7.46. The van der Waals surface area contributed by atoms with Crippen molar-refractivity contribution in [1.29, 1.82) is 0 Å². The number of aliphatic hydroxyl groups is 1. The van der Waals surface area contributed by atoms with Crippen LogP contribution in [0.25, 0.3) is 0 Å². The minimum Gasteiger partial charge on any atom is -0.389 e. The first-order chi connectivity index (χ1) is 10.8. The molecule has 7 heteroatoms. The smallest absolute Gasteiger partial charge is 0.185 e. The molecule has 1 saturated heterocycles. The van der Waals surface area contributed by atoms with Crippen LogP contribution in [0.4, 0.5) is 5.13 Å². The van der Waals surface area contributed by atoms with Crippen LogP contribution in [-0.2, 0) is 11.3 Å². The highest BCUT2D eigenvalue weighted by molar-refractivity contribution is 7.13. The number of thiazole rings is 1. The summed E-state index contributed by atoms with van der Waals surface area (Å²) in [6.07, 6.45) is 1.42. The summed E-state index contributed by atoms with van der Waals surface area (Å²) in [4.78, 5) is 10.1. The lowest BCUT2D eigenvalue weighted by Crippen LogP contribution is -2.49. The van der Waals surface area contributed by atoms with Crippen LogP contribution in [0.3, 0.4) is 0 Å². The molecule has 3 heterocycles. The van der Waals surface area contributed by atoms with Crippen molar-refractivity contribution < 1.29 is 9.84 Å². The number of aliphatic hydroxyl groups excluding tert-OH is 1. The zero-order chi connectivity index (χ0) is 15.2. The van der Waals surface area contributed by atoms with Crippen molar-refractivity contribution in [1.82, 2.24) is 9.88 Å². The van der Waals surface area contributed by atoms with E-state index in [0.29, 0.717) is 19.8 Å². The van der Waals surface area contributed by atoms with Crippen LogP contribution in [0.5, 0.6) is 0 Å². The Bertz CT molecular complexity index is 525. The molecule has 5 nitrogen and oxygen atoms in total. The number of hydrogen-bond acceptors (Lipinski definition) is 7. The summed E-state index contributed by atoms with van der Waals surface area (Å²) in [5.74, 6) is 0. The minimum atomic E-state index is -0.425. The molecule has 0 aromatic carbocycles.